The molecule has 0 N–H and O–H groups in total. The van der Waals surface area contributed by atoms with Crippen LogP contribution in [0.5, 0.6) is 5.88 Å². The summed E-state index contributed by atoms with van der Waals surface area (Å²) in [6.07, 6.45) is 1.67. The van der Waals surface area contributed by atoms with Crippen LogP contribution < -0.4 is 4.74 Å². The van der Waals surface area contributed by atoms with Gasteiger partial charge in [-0.25, -0.2) is 4.98 Å². The van der Waals surface area contributed by atoms with E-state index < -0.39 is 0 Å². The lowest BCUT2D eigenvalue weighted by molar-refractivity contribution is 0.133. The Labute approximate surface area is 125 Å². The summed E-state index contributed by atoms with van der Waals surface area (Å²) < 4.78 is 16.6. The molecule has 21 heavy (non-hydrogen) atoms. The lowest BCUT2D eigenvalue weighted by Crippen LogP contribution is -1.96. The third-order valence-electron chi connectivity index (χ3n) is 2.80. The van der Waals surface area contributed by atoms with Gasteiger partial charge in [-0.2, -0.15) is 0 Å². The van der Waals surface area contributed by atoms with Crippen LogP contribution in [0.15, 0.2) is 22.7 Å². The number of rotatable bonds is 6. The molecule has 0 saturated carbocycles. The molecule has 0 amide bonds. The van der Waals surface area contributed by atoms with Gasteiger partial charge in [0.05, 0.1) is 5.39 Å². The lowest BCUT2D eigenvalue weighted by atomic mass is 10.3. The number of ether oxygens (including phenoxy) is 2. The fourth-order valence-corrected chi connectivity index (χ4v) is 2.60. The number of furan rings is 1. The van der Waals surface area contributed by atoms with E-state index in [0.29, 0.717) is 25.7 Å². The predicted octanol–water partition coefficient (Wildman–Crippen LogP) is 3.10. The molecular weight excluding hydrogens is 290 g/mol. The normalized spacial score (nSPS) is 11.1. The topological polar surface area (TPSA) is 70.3 Å². The van der Waals surface area contributed by atoms with Crippen LogP contribution in [-0.4, -0.2) is 21.8 Å². The van der Waals surface area contributed by atoms with Crippen LogP contribution in [0, 0.1) is 6.92 Å². The Balaban J connectivity index is 1.70. The summed E-state index contributed by atoms with van der Waals surface area (Å²) in [5.41, 5.74) is 0.770. The van der Waals surface area contributed by atoms with Gasteiger partial charge < -0.3 is 13.9 Å². The van der Waals surface area contributed by atoms with Crippen LogP contribution in [0.2, 0.25) is 0 Å². The Morgan fingerprint density at radius 2 is 2.05 bits per heavy atom. The molecule has 3 aromatic heterocycles. The van der Waals surface area contributed by atoms with E-state index in [4.69, 9.17) is 13.9 Å². The largest absolute Gasteiger partial charge is 0.470 e. The molecule has 0 saturated heterocycles. The van der Waals surface area contributed by atoms with E-state index in [2.05, 4.69) is 15.2 Å². The second-order valence-electron chi connectivity index (χ2n) is 4.40. The third-order valence-corrected chi connectivity index (χ3v) is 3.67. The first kappa shape index (κ1) is 14.0. The first-order valence-corrected chi connectivity index (χ1v) is 7.45. The second kappa shape index (κ2) is 6.19. The van der Waals surface area contributed by atoms with Gasteiger partial charge in [-0.3, -0.25) is 0 Å². The maximum atomic E-state index is 5.73. The fraction of sp³-hybridized carbons (Fsp3) is 0.357. The van der Waals surface area contributed by atoms with Crippen molar-refractivity contribution in [1.82, 2.24) is 15.2 Å². The highest BCUT2D eigenvalue weighted by Crippen LogP contribution is 2.27. The molecule has 6 nitrogen and oxygen atoms in total. The van der Waals surface area contributed by atoms with Crippen molar-refractivity contribution in [1.29, 1.82) is 0 Å². The average Bonchev–Trinajstić information content (AvgIpc) is 3.08. The quantitative estimate of drug-likeness (QED) is 0.697. The SMILES string of the molecule is CCOCc1nnc(COc2nccc3oc(C)cc23)s1. The minimum atomic E-state index is 0.333. The van der Waals surface area contributed by atoms with Crippen molar-refractivity contribution in [3.63, 3.8) is 0 Å². The monoisotopic (exact) mass is 305 g/mol. The number of hydrogen-bond donors (Lipinski definition) is 0. The molecule has 0 aliphatic heterocycles. The van der Waals surface area contributed by atoms with Crippen molar-refractivity contribution in [2.24, 2.45) is 0 Å². The molecule has 3 aromatic rings. The Kier molecular flexibility index (Phi) is 4.12. The van der Waals surface area contributed by atoms with Gasteiger partial charge in [0.15, 0.2) is 5.01 Å². The van der Waals surface area contributed by atoms with E-state index >= 15 is 0 Å². The summed E-state index contributed by atoms with van der Waals surface area (Å²) in [6, 6.07) is 3.73. The van der Waals surface area contributed by atoms with Crippen molar-refractivity contribution >= 4 is 22.3 Å². The summed E-state index contributed by atoms with van der Waals surface area (Å²) in [6.45, 7) is 5.33. The highest BCUT2D eigenvalue weighted by molar-refractivity contribution is 7.11. The minimum Gasteiger partial charge on any atom is -0.470 e. The number of aryl methyl sites for hydroxylation is 1. The zero-order valence-electron chi connectivity index (χ0n) is 11.8. The standard InChI is InChI=1S/C14H15N3O3S/c1-3-18-7-12-16-17-13(21-12)8-19-14-10-6-9(2)20-11(10)4-5-15-14/h4-6H,3,7-8H2,1-2H3. The molecule has 7 heteroatoms. The summed E-state index contributed by atoms with van der Waals surface area (Å²) >= 11 is 1.48. The zero-order chi connectivity index (χ0) is 14.7. The first-order chi connectivity index (χ1) is 10.3. The summed E-state index contributed by atoms with van der Waals surface area (Å²) in [5.74, 6) is 1.38. The van der Waals surface area contributed by atoms with Crippen LogP contribution in [-0.2, 0) is 18.0 Å². The van der Waals surface area contributed by atoms with Crippen LogP contribution in [0.4, 0.5) is 0 Å². The average molecular weight is 305 g/mol. The van der Waals surface area contributed by atoms with Gasteiger partial charge in [0, 0.05) is 18.9 Å². The maximum Gasteiger partial charge on any atom is 0.225 e. The molecular formula is C14H15N3O3S. The maximum absolute atomic E-state index is 5.73. The van der Waals surface area contributed by atoms with Crippen molar-refractivity contribution in [3.05, 3.63) is 34.1 Å². The van der Waals surface area contributed by atoms with E-state index in [0.717, 1.165) is 26.7 Å². The molecule has 0 spiro atoms. The molecule has 3 heterocycles. The molecule has 0 fully saturated rings. The van der Waals surface area contributed by atoms with Crippen LogP contribution >= 0.6 is 11.3 Å². The molecule has 0 radical (unpaired) electrons. The molecule has 0 aliphatic rings. The van der Waals surface area contributed by atoms with Gasteiger partial charge in [0.2, 0.25) is 5.88 Å². The molecule has 110 valence electrons. The Morgan fingerprint density at radius 1 is 1.24 bits per heavy atom. The molecule has 0 atom stereocenters. The second-order valence-corrected chi connectivity index (χ2v) is 5.55. The Hall–Kier alpha value is -1.99. The smallest absolute Gasteiger partial charge is 0.225 e. The van der Waals surface area contributed by atoms with Crippen molar-refractivity contribution in [3.8, 4) is 5.88 Å². The molecule has 0 aromatic carbocycles. The molecule has 0 bridgehead atoms. The Bertz CT molecular complexity index is 738. The number of pyridine rings is 1. The highest BCUT2D eigenvalue weighted by atomic mass is 32.1. The van der Waals surface area contributed by atoms with E-state index in [1.807, 2.05) is 26.0 Å². The van der Waals surface area contributed by atoms with E-state index in [-0.39, 0.29) is 0 Å². The van der Waals surface area contributed by atoms with Crippen LogP contribution in [0.1, 0.15) is 22.7 Å². The summed E-state index contributed by atoms with van der Waals surface area (Å²) in [4.78, 5) is 4.24. The highest BCUT2D eigenvalue weighted by Gasteiger charge is 2.10. The van der Waals surface area contributed by atoms with Crippen molar-refractivity contribution in [2.45, 2.75) is 27.1 Å². The molecule has 3 rings (SSSR count). The lowest BCUT2D eigenvalue weighted by Gasteiger charge is -2.02. The fourth-order valence-electron chi connectivity index (χ4n) is 1.90. The van der Waals surface area contributed by atoms with Gasteiger partial charge >= 0.3 is 0 Å². The van der Waals surface area contributed by atoms with Gasteiger partial charge in [0.25, 0.3) is 0 Å². The number of aromatic nitrogens is 3. The van der Waals surface area contributed by atoms with Gasteiger partial charge in [0.1, 0.15) is 29.6 Å². The Morgan fingerprint density at radius 3 is 2.86 bits per heavy atom. The summed E-state index contributed by atoms with van der Waals surface area (Å²) in [7, 11) is 0. The van der Waals surface area contributed by atoms with Crippen LogP contribution in [0.25, 0.3) is 11.0 Å². The number of hydrogen-bond acceptors (Lipinski definition) is 7. The minimum absolute atomic E-state index is 0.333. The molecule has 0 unspecified atom stereocenters. The predicted molar refractivity (Wildman–Crippen MR) is 78.3 cm³/mol. The van der Waals surface area contributed by atoms with Crippen LogP contribution in [0.3, 0.4) is 0 Å². The van der Waals surface area contributed by atoms with Gasteiger partial charge in [-0.05, 0) is 19.9 Å². The zero-order valence-corrected chi connectivity index (χ0v) is 12.6. The number of nitrogens with zero attached hydrogens (tertiary/aromatic N) is 3. The van der Waals surface area contributed by atoms with E-state index in [1.165, 1.54) is 11.3 Å². The van der Waals surface area contributed by atoms with Crippen molar-refractivity contribution in [2.75, 3.05) is 6.61 Å². The van der Waals surface area contributed by atoms with E-state index in [1.54, 1.807) is 6.20 Å². The van der Waals surface area contributed by atoms with E-state index in [9.17, 15) is 0 Å². The summed E-state index contributed by atoms with van der Waals surface area (Å²) in [5, 5.41) is 10.7. The number of fused-ring (bicyclic) bond motifs is 1. The first-order valence-electron chi connectivity index (χ1n) is 6.63. The third kappa shape index (κ3) is 3.20. The van der Waals surface area contributed by atoms with Crippen molar-refractivity contribution < 1.29 is 13.9 Å². The van der Waals surface area contributed by atoms with Gasteiger partial charge in [-0.15, -0.1) is 10.2 Å². The molecule has 0 aliphatic carbocycles. The van der Waals surface area contributed by atoms with Gasteiger partial charge in [-0.1, -0.05) is 11.3 Å².